The summed E-state index contributed by atoms with van der Waals surface area (Å²) >= 11 is 0. The zero-order valence-electron chi connectivity index (χ0n) is 31.2. The van der Waals surface area contributed by atoms with Crippen molar-refractivity contribution in [1.29, 1.82) is 0 Å². The van der Waals surface area contributed by atoms with Gasteiger partial charge in [0, 0.05) is 40.1 Å². The maximum absolute atomic E-state index is 10.9. The SMILES string of the molecule is O=C([O-])CCCOc1nc(/C=C/c2ccc(N(c3ccccc3)c3ccccc3)cc2)cc(/C=C/c2ccc(N(c3ccccc3)c3ccccc3)cc2)n1.[Na+]. The normalized spacial score (nSPS) is 10.9. The monoisotopic (exact) mass is 742 g/mol. The fourth-order valence-electron chi connectivity index (χ4n) is 6.11. The van der Waals surface area contributed by atoms with Crippen molar-refractivity contribution in [2.24, 2.45) is 0 Å². The van der Waals surface area contributed by atoms with Gasteiger partial charge in [-0.1, -0.05) is 109 Å². The van der Waals surface area contributed by atoms with E-state index in [-0.39, 0.29) is 48.6 Å². The van der Waals surface area contributed by atoms with Gasteiger partial charge in [-0.25, -0.2) is 0 Å². The van der Waals surface area contributed by atoms with E-state index in [0.717, 1.165) is 45.3 Å². The van der Waals surface area contributed by atoms with Crippen LogP contribution >= 0.6 is 0 Å². The molecule has 0 amide bonds. The molecule has 7 aromatic rings. The number of carbonyl (C=O) groups is 1. The topological polar surface area (TPSA) is 81.6 Å². The van der Waals surface area contributed by atoms with Crippen molar-refractivity contribution in [3.8, 4) is 6.01 Å². The molecule has 1 aromatic heterocycles. The number of carbonyl (C=O) groups excluding carboxylic acids is 1. The molecule has 56 heavy (non-hydrogen) atoms. The third-order valence-electron chi connectivity index (χ3n) is 8.75. The van der Waals surface area contributed by atoms with Gasteiger partial charge in [0.15, 0.2) is 0 Å². The maximum atomic E-state index is 10.9. The van der Waals surface area contributed by atoms with Crippen molar-refractivity contribution in [2.45, 2.75) is 12.8 Å². The van der Waals surface area contributed by atoms with E-state index in [4.69, 9.17) is 4.74 Å². The molecule has 7 nitrogen and oxygen atoms in total. The molecule has 0 saturated heterocycles. The summed E-state index contributed by atoms with van der Waals surface area (Å²) in [5.74, 6) is -1.12. The fourth-order valence-corrected chi connectivity index (χ4v) is 6.11. The second kappa shape index (κ2) is 19.9. The molecule has 0 saturated carbocycles. The third-order valence-corrected chi connectivity index (χ3v) is 8.75. The predicted molar refractivity (Wildman–Crippen MR) is 222 cm³/mol. The first-order valence-electron chi connectivity index (χ1n) is 18.2. The number of ether oxygens (including phenoxy) is 1. The molecule has 0 bridgehead atoms. The molecule has 1 heterocycles. The van der Waals surface area contributed by atoms with E-state index in [1.165, 1.54) is 0 Å². The van der Waals surface area contributed by atoms with Crippen LogP contribution in [0.5, 0.6) is 6.01 Å². The van der Waals surface area contributed by atoms with Crippen LogP contribution in [0.2, 0.25) is 0 Å². The standard InChI is InChI=1S/C48H40N4O3.Na/c53-47(54)22-13-35-55-48-49-39(29-23-37-25-31-45(32-26-37)51(41-14-5-1-6-15-41)42-16-7-2-8-17-42)36-40(50-48)30-24-38-27-33-46(34-28-38)52(43-18-9-3-10-19-43)44-20-11-4-12-21-44;/h1-12,14-21,23-34,36H,13,22,35H2,(H,53,54);/q;+1/p-1/b29-23+,30-24+;. The molecule has 0 N–H and O–H groups in total. The molecule has 6 aromatic carbocycles. The Balaban J connectivity index is 0.00000532. The Hall–Kier alpha value is -6.25. The minimum Gasteiger partial charge on any atom is -0.550 e. The van der Waals surface area contributed by atoms with Gasteiger partial charge in [0.2, 0.25) is 0 Å². The Morgan fingerprint density at radius 3 is 1.18 bits per heavy atom. The minimum absolute atomic E-state index is 0. The van der Waals surface area contributed by atoms with Gasteiger partial charge < -0.3 is 24.4 Å². The van der Waals surface area contributed by atoms with Gasteiger partial charge in [0.25, 0.3) is 0 Å². The molecule has 0 fully saturated rings. The summed E-state index contributed by atoms with van der Waals surface area (Å²) in [4.78, 5) is 24.6. The first kappa shape index (κ1) is 39.4. The summed E-state index contributed by atoms with van der Waals surface area (Å²) in [5.41, 5.74) is 9.67. The van der Waals surface area contributed by atoms with E-state index < -0.39 is 5.97 Å². The fraction of sp³-hybridized carbons (Fsp3) is 0.0625. The van der Waals surface area contributed by atoms with Crippen molar-refractivity contribution >= 4 is 64.4 Å². The molecule has 0 unspecified atom stereocenters. The molecule has 0 atom stereocenters. The van der Waals surface area contributed by atoms with Crippen molar-refractivity contribution in [2.75, 3.05) is 16.4 Å². The average Bonchev–Trinajstić information content (AvgIpc) is 3.23. The Kier molecular flexibility index (Phi) is 14.0. The quantitative estimate of drug-likeness (QED) is 0.0788. The summed E-state index contributed by atoms with van der Waals surface area (Å²) < 4.78 is 5.80. The number of rotatable bonds is 15. The molecule has 0 radical (unpaired) electrons. The van der Waals surface area contributed by atoms with Crippen molar-refractivity contribution in [1.82, 2.24) is 9.97 Å². The van der Waals surface area contributed by atoms with E-state index in [2.05, 4.69) is 117 Å². The van der Waals surface area contributed by atoms with Crippen LogP contribution in [0.25, 0.3) is 24.3 Å². The molecular weight excluding hydrogens is 704 g/mol. The summed E-state index contributed by atoms with van der Waals surface area (Å²) in [5, 5.41) is 10.9. The Morgan fingerprint density at radius 1 is 0.500 bits per heavy atom. The molecule has 0 aliphatic heterocycles. The van der Waals surface area contributed by atoms with Crippen LogP contribution in [0.4, 0.5) is 34.1 Å². The van der Waals surface area contributed by atoms with Gasteiger partial charge in [-0.2, -0.15) is 9.97 Å². The number of hydrogen-bond acceptors (Lipinski definition) is 7. The predicted octanol–water partition coefficient (Wildman–Crippen LogP) is 7.67. The van der Waals surface area contributed by atoms with Crippen LogP contribution < -0.4 is 49.2 Å². The van der Waals surface area contributed by atoms with Crippen LogP contribution in [0.1, 0.15) is 35.4 Å². The number of para-hydroxylation sites is 4. The number of aliphatic carboxylic acids is 1. The van der Waals surface area contributed by atoms with Crippen LogP contribution in [0, 0.1) is 0 Å². The Bertz CT molecular complexity index is 2110. The Labute approximate surface area is 350 Å². The number of hydrogen-bond donors (Lipinski definition) is 0. The molecule has 8 heteroatoms. The van der Waals surface area contributed by atoms with Gasteiger partial charge in [-0.05, 0) is 115 Å². The van der Waals surface area contributed by atoms with E-state index in [1.54, 1.807) is 0 Å². The first-order valence-corrected chi connectivity index (χ1v) is 18.2. The van der Waals surface area contributed by atoms with E-state index >= 15 is 0 Å². The largest absolute Gasteiger partial charge is 1.00 e. The number of aromatic nitrogens is 2. The molecule has 0 aliphatic carbocycles. The van der Waals surface area contributed by atoms with Gasteiger partial charge in [0.1, 0.15) is 0 Å². The first-order chi connectivity index (χ1) is 27.1. The van der Waals surface area contributed by atoms with E-state index in [9.17, 15) is 9.90 Å². The van der Waals surface area contributed by atoms with E-state index in [1.807, 2.05) is 103 Å². The zero-order valence-corrected chi connectivity index (χ0v) is 33.2. The van der Waals surface area contributed by atoms with Gasteiger partial charge >= 0.3 is 35.6 Å². The van der Waals surface area contributed by atoms with E-state index in [0.29, 0.717) is 17.8 Å². The van der Waals surface area contributed by atoms with Crippen LogP contribution in [-0.4, -0.2) is 22.5 Å². The maximum Gasteiger partial charge on any atom is 1.00 e. The number of carboxylic acid groups (broad SMARTS) is 1. The van der Waals surface area contributed by atoms with Gasteiger partial charge in [0.05, 0.1) is 18.0 Å². The number of benzene rings is 6. The zero-order chi connectivity index (χ0) is 37.7. The summed E-state index contributed by atoms with van der Waals surface area (Å²) in [6.07, 6.45) is 8.03. The van der Waals surface area contributed by atoms with Crippen LogP contribution in [0.15, 0.2) is 176 Å². The summed E-state index contributed by atoms with van der Waals surface area (Å²) in [6, 6.07) is 59.9. The Morgan fingerprint density at radius 2 is 0.839 bits per heavy atom. The third kappa shape index (κ3) is 10.7. The number of anilines is 6. The molecule has 7 rings (SSSR count). The molecule has 270 valence electrons. The molecule has 0 aliphatic rings. The second-order valence-electron chi connectivity index (χ2n) is 12.7. The van der Waals surface area contributed by atoms with Crippen LogP contribution in [0.3, 0.4) is 0 Å². The van der Waals surface area contributed by atoms with Gasteiger partial charge in [-0.3, -0.25) is 0 Å². The van der Waals surface area contributed by atoms with Crippen molar-refractivity contribution in [3.05, 3.63) is 198 Å². The molecule has 0 spiro atoms. The summed E-state index contributed by atoms with van der Waals surface area (Å²) in [6.45, 7) is 0.159. The second-order valence-corrected chi connectivity index (χ2v) is 12.7. The van der Waals surface area contributed by atoms with Crippen molar-refractivity contribution in [3.63, 3.8) is 0 Å². The summed E-state index contributed by atoms with van der Waals surface area (Å²) in [7, 11) is 0. The number of carboxylic acids is 1. The number of nitrogens with zero attached hydrogens (tertiary/aromatic N) is 4. The smallest absolute Gasteiger partial charge is 0.550 e. The molecular formula is C48H39N4NaO3. The van der Waals surface area contributed by atoms with Crippen molar-refractivity contribution < 1.29 is 44.2 Å². The van der Waals surface area contributed by atoms with Crippen LogP contribution in [-0.2, 0) is 4.79 Å². The average molecular weight is 743 g/mol. The van der Waals surface area contributed by atoms with Gasteiger partial charge in [-0.15, -0.1) is 0 Å². The minimum atomic E-state index is -1.12.